The lowest BCUT2D eigenvalue weighted by molar-refractivity contribution is -0.115. The molecule has 3 rings (SSSR count). The molecule has 0 aromatic heterocycles. The first kappa shape index (κ1) is 20.6. The molecule has 3 N–H and O–H groups in total. The Balaban J connectivity index is 1.53. The Morgan fingerprint density at radius 1 is 1.03 bits per heavy atom. The molecule has 0 unspecified atom stereocenters. The number of amides is 2. The molecule has 0 radical (unpaired) electrons. The predicted octanol–water partition coefficient (Wildman–Crippen LogP) is 3.35. The third-order valence-corrected chi connectivity index (χ3v) is 4.22. The van der Waals surface area contributed by atoms with E-state index in [4.69, 9.17) is 4.74 Å². The molecular weight excluding hydrogens is 382 g/mol. The highest BCUT2D eigenvalue weighted by Gasteiger charge is 2.07. The molecule has 30 heavy (non-hydrogen) atoms. The van der Waals surface area contributed by atoms with Crippen molar-refractivity contribution in [3.05, 3.63) is 89.5 Å². The predicted molar refractivity (Wildman–Crippen MR) is 115 cm³/mol. The fourth-order valence-corrected chi connectivity index (χ4v) is 2.71. The molecule has 0 saturated heterocycles. The fraction of sp³-hybridized carbons (Fsp3) is 0.0870. The maximum absolute atomic E-state index is 12.2. The van der Waals surface area contributed by atoms with Crippen LogP contribution in [0.4, 0.5) is 5.69 Å². The number of ether oxygens (including phenoxy) is 1. The van der Waals surface area contributed by atoms with E-state index >= 15 is 0 Å². The highest BCUT2D eigenvalue weighted by Crippen LogP contribution is 2.25. The molecule has 0 aliphatic carbocycles. The first-order valence-corrected chi connectivity index (χ1v) is 9.19. The summed E-state index contributed by atoms with van der Waals surface area (Å²) in [4.78, 5) is 24.3. The van der Waals surface area contributed by atoms with Crippen molar-refractivity contribution in [2.75, 3.05) is 12.4 Å². The van der Waals surface area contributed by atoms with Crippen molar-refractivity contribution in [1.82, 2.24) is 5.43 Å². The number of nitrogens with one attached hydrogen (secondary N) is 2. The van der Waals surface area contributed by atoms with Gasteiger partial charge in [0.05, 0.1) is 19.7 Å². The molecule has 2 amide bonds. The third-order valence-electron chi connectivity index (χ3n) is 4.22. The van der Waals surface area contributed by atoms with Gasteiger partial charge in [-0.2, -0.15) is 5.10 Å². The molecule has 0 aliphatic rings. The molecule has 0 atom stereocenters. The second-order valence-corrected chi connectivity index (χ2v) is 6.42. The van der Waals surface area contributed by atoms with Crippen molar-refractivity contribution in [1.29, 1.82) is 0 Å². The normalized spacial score (nSPS) is 10.6. The standard InChI is InChI=1S/C23H21N3O4/c1-30-21-12-7-17(13-20(21)27)15-24-26-23(29)18-8-10-19(11-9-18)25-22(28)14-16-5-3-2-4-6-16/h2-13,15,27H,14H2,1H3,(H,25,28)(H,26,29)/b24-15-. The van der Waals surface area contributed by atoms with E-state index < -0.39 is 5.91 Å². The SMILES string of the molecule is COc1ccc(/C=N\NC(=O)c2ccc(NC(=O)Cc3ccccc3)cc2)cc1O. The minimum Gasteiger partial charge on any atom is -0.504 e. The van der Waals surface area contributed by atoms with Crippen LogP contribution in [-0.4, -0.2) is 30.2 Å². The number of carbonyl (C=O) groups is 2. The van der Waals surface area contributed by atoms with Gasteiger partial charge in [-0.1, -0.05) is 30.3 Å². The summed E-state index contributed by atoms with van der Waals surface area (Å²) in [5.74, 6) is -0.193. The van der Waals surface area contributed by atoms with E-state index in [1.807, 2.05) is 30.3 Å². The molecule has 3 aromatic rings. The van der Waals surface area contributed by atoms with Gasteiger partial charge in [-0.3, -0.25) is 9.59 Å². The number of phenolic OH excluding ortho intramolecular Hbond substituents is 1. The minimum absolute atomic E-state index is 0.0160. The van der Waals surface area contributed by atoms with Crippen LogP contribution in [0.1, 0.15) is 21.5 Å². The summed E-state index contributed by atoms with van der Waals surface area (Å²) in [6, 6.07) is 20.7. The van der Waals surface area contributed by atoms with E-state index in [0.29, 0.717) is 22.6 Å². The Bertz CT molecular complexity index is 1050. The van der Waals surface area contributed by atoms with Gasteiger partial charge < -0.3 is 15.2 Å². The highest BCUT2D eigenvalue weighted by atomic mass is 16.5. The summed E-state index contributed by atoms with van der Waals surface area (Å²) in [5, 5.41) is 16.4. The summed E-state index contributed by atoms with van der Waals surface area (Å²) in [5.41, 5.74) is 4.94. The summed E-state index contributed by atoms with van der Waals surface area (Å²) >= 11 is 0. The highest BCUT2D eigenvalue weighted by molar-refractivity contribution is 5.96. The Labute approximate surface area is 174 Å². The molecule has 152 valence electrons. The minimum atomic E-state index is -0.397. The molecule has 0 aliphatic heterocycles. The number of anilines is 1. The number of benzene rings is 3. The number of hydrazone groups is 1. The average molecular weight is 403 g/mol. The van der Waals surface area contributed by atoms with E-state index in [-0.39, 0.29) is 18.1 Å². The summed E-state index contributed by atoms with van der Waals surface area (Å²) in [7, 11) is 1.46. The van der Waals surface area contributed by atoms with Crippen LogP contribution < -0.4 is 15.5 Å². The van der Waals surface area contributed by atoms with Gasteiger partial charge in [-0.25, -0.2) is 5.43 Å². The smallest absolute Gasteiger partial charge is 0.271 e. The Morgan fingerprint density at radius 3 is 2.43 bits per heavy atom. The van der Waals surface area contributed by atoms with Crippen LogP contribution in [-0.2, 0) is 11.2 Å². The van der Waals surface area contributed by atoms with E-state index in [1.54, 1.807) is 36.4 Å². The van der Waals surface area contributed by atoms with Crippen molar-refractivity contribution in [2.24, 2.45) is 5.10 Å². The van der Waals surface area contributed by atoms with Crippen molar-refractivity contribution >= 4 is 23.7 Å². The maximum Gasteiger partial charge on any atom is 0.271 e. The van der Waals surface area contributed by atoms with Gasteiger partial charge in [0.25, 0.3) is 5.91 Å². The van der Waals surface area contributed by atoms with E-state index in [2.05, 4.69) is 15.8 Å². The number of hydrogen-bond donors (Lipinski definition) is 3. The van der Waals surface area contributed by atoms with Crippen LogP contribution in [0.3, 0.4) is 0 Å². The first-order valence-electron chi connectivity index (χ1n) is 9.19. The summed E-state index contributed by atoms with van der Waals surface area (Å²) < 4.78 is 4.97. The Kier molecular flexibility index (Phi) is 6.78. The molecule has 3 aromatic carbocycles. The zero-order chi connectivity index (χ0) is 21.3. The molecule has 7 nitrogen and oxygen atoms in total. The number of methoxy groups -OCH3 is 1. The molecule has 0 spiro atoms. The van der Waals surface area contributed by atoms with Gasteiger partial charge in [0.1, 0.15) is 0 Å². The average Bonchev–Trinajstić information content (AvgIpc) is 2.75. The Hall–Kier alpha value is -4.13. The summed E-state index contributed by atoms with van der Waals surface area (Å²) in [6.07, 6.45) is 1.69. The van der Waals surface area contributed by atoms with Crippen molar-refractivity contribution in [2.45, 2.75) is 6.42 Å². The van der Waals surface area contributed by atoms with Crippen molar-refractivity contribution < 1.29 is 19.4 Å². The van der Waals surface area contributed by atoms with Crippen LogP contribution in [0.15, 0.2) is 77.9 Å². The molecule has 0 heterocycles. The molecule has 0 bridgehead atoms. The van der Waals surface area contributed by atoms with Gasteiger partial charge in [0, 0.05) is 11.3 Å². The number of carbonyl (C=O) groups excluding carboxylic acids is 2. The fourth-order valence-electron chi connectivity index (χ4n) is 2.71. The lowest BCUT2D eigenvalue weighted by Crippen LogP contribution is -2.18. The number of rotatable bonds is 7. The van der Waals surface area contributed by atoms with Gasteiger partial charge in [-0.15, -0.1) is 0 Å². The quantitative estimate of drug-likeness (QED) is 0.416. The molecule has 0 fully saturated rings. The van der Waals surface area contributed by atoms with E-state index in [0.717, 1.165) is 5.56 Å². The van der Waals surface area contributed by atoms with Crippen LogP contribution in [0, 0.1) is 0 Å². The van der Waals surface area contributed by atoms with Crippen LogP contribution >= 0.6 is 0 Å². The molecular formula is C23H21N3O4. The van der Waals surface area contributed by atoms with Crippen molar-refractivity contribution in [3.8, 4) is 11.5 Å². The molecule has 0 saturated carbocycles. The largest absolute Gasteiger partial charge is 0.504 e. The first-order chi connectivity index (χ1) is 14.5. The summed E-state index contributed by atoms with van der Waals surface area (Å²) in [6.45, 7) is 0. The van der Waals surface area contributed by atoms with Crippen LogP contribution in [0.2, 0.25) is 0 Å². The lowest BCUT2D eigenvalue weighted by atomic mass is 10.1. The number of hydrogen-bond acceptors (Lipinski definition) is 5. The lowest BCUT2D eigenvalue weighted by Gasteiger charge is -2.06. The number of nitrogens with zero attached hydrogens (tertiary/aromatic N) is 1. The number of phenols is 1. The van der Waals surface area contributed by atoms with E-state index in [9.17, 15) is 14.7 Å². The van der Waals surface area contributed by atoms with Crippen LogP contribution in [0.5, 0.6) is 11.5 Å². The van der Waals surface area contributed by atoms with Gasteiger partial charge >= 0.3 is 0 Å². The monoisotopic (exact) mass is 403 g/mol. The number of aromatic hydroxyl groups is 1. The zero-order valence-corrected chi connectivity index (χ0v) is 16.3. The second kappa shape index (κ2) is 9.88. The zero-order valence-electron chi connectivity index (χ0n) is 16.3. The topological polar surface area (TPSA) is 100 Å². The molecule has 7 heteroatoms. The van der Waals surface area contributed by atoms with Gasteiger partial charge in [-0.05, 0) is 53.6 Å². The van der Waals surface area contributed by atoms with Gasteiger partial charge in [0.15, 0.2) is 11.5 Å². The Morgan fingerprint density at radius 2 is 1.77 bits per heavy atom. The van der Waals surface area contributed by atoms with Crippen LogP contribution in [0.25, 0.3) is 0 Å². The second-order valence-electron chi connectivity index (χ2n) is 6.42. The maximum atomic E-state index is 12.2. The van der Waals surface area contributed by atoms with Crippen molar-refractivity contribution in [3.63, 3.8) is 0 Å². The van der Waals surface area contributed by atoms with E-state index in [1.165, 1.54) is 19.4 Å². The van der Waals surface area contributed by atoms with Gasteiger partial charge in [0.2, 0.25) is 5.91 Å². The third kappa shape index (κ3) is 5.68.